The third kappa shape index (κ3) is 4.12. The average Bonchev–Trinajstić information content (AvgIpc) is 2.23. The zero-order chi connectivity index (χ0) is 12.0. The van der Waals surface area contributed by atoms with Crippen molar-refractivity contribution in [2.24, 2.45) is 0 Å². The van der Waals surface area contributed by atoms with Crippen molar-refractivity contribution in [2.45, 2.75) is 6.92 Å². The van der Waals surface area contributed by atoms with Gasteiger partial charge in [0.2, 0.25) is 0 Å². The number of thiocarbonyl (C=S) groups is 1. The van der Waals surface area contributed by atoms with Gasteiger partial charge in [-0.15, -0.1) is 0 Å². The molecule has 5 heteroatoms. The number of ether oxygens (including phenoxy) is 1. The topological polar surface area (TPSA) is 33.3 Å². The maximum atomic E-state index is 12.8. The van der Waals surface area contributed by atoms with E-state index in [0.717, 1.165) is 11.3 Å². The van der Waals surface area contributed by atoms with Crippen LogP contribution in [0.1, 0.15) is 5.56 Å². The van der Waals surface area contributed by atoms with Crippen molar-refractivity contribution in [3.05, 3.63) is 29.6 Å². The molecule has 16 heavy (non-hydrogen) atoms. The second-order valence-corrected chi connectivity index (χ2v) is 3.74. The maximum absolute atomic E-state index is 12.8. The first kappa shape index (κ1) is 12.9. The third-order valence-corrected chi connectivity index (χ3v) is 2.27. The number of nitrogens with one attached hydrogen (secondary N) is 2. The predicted octanol–water partition coefficient (Wildman–Crippen LogP) is 2.07. The first-order valence-electron chi connectivity index (χ1n) is 4.93. The van der Waals surface area contributed by atoms with Crippen LogP contribution in [0.5, 0.6) is 0 Å². The number of halogens is 1. The fraction of sp³-hybridized carbons (Fsp3) is 0.364. The summed E-state index contributed by atoms with van der Waals surface area (Å²) < 4.78 is 17.7. The van der Waals surface area contributed by atoms with Gasteiger partial charge in [0.05, 0.1) is 6.61 Å². The maximum Gasteiger partial charge on any atom is 0.170 e. The highest BCUT2D eigenvalue weighted by Crippen LogP contribution is 2.15. The van der Waals surface area contributed by atoms with Crippen molar-refractivity contribution in [3.63, 3.8) is 0 Å². The zero-order valence-electron chi connectivity index (χ0n) is 9.34. The van der Waals surface area contributed by atoms with Crippen LogP contribution in [0, 0.1) is 12.7 Å². The van der Waals surface area contributed by atoms with Gasteiger partial charge in [-0.3, -0.25) is 0 Å². The lowest BCUT2D eigenvalue weighted by Crippen LogP contribution is -2.31. The van der Waals surface area contributed by atoms with Crippen LogP contribution >= 0.6 is 12.2 Å². The van der Waals surface area contributed by atoms with Crippen LogP contribution in [-0.2, 0) is 4.74 Å². The van der Waals surface area contributed by atoms with Gasteiger partial charge >= 0.3 is 0 Å². The SMILES string of the molecule is COCCNC(=S)Nc1ccc(F)cc1C. The Balaban J connectivity index is 2.49. The molecular formula is C11H15FN2OS. The number of benzene rings is 1. The molecule has 0 aliphatic rings. The molecule has 0 spiro atoms. The van der Waals surface area contributed by atoms with E-state index >= 15 is 0 Å². The summed E-state index contributed by atoms with van der Waals surface area (Å²) in [4.78, 5) is 0. The van der Waals surface area contributed by atoms with E-state index in [-0.39, 0.29) is 5.82 Å². The Morgan fingerprint density at radius 1 is 1.50 bits per heavy atom. The standard InChI is InChI=1S/C11H15FN2OS/c1-8-7-9(12)3-4-10(8)14-11(16)13-5-6-15-2/h3-4,7H,5-6H2,1-2H3,(H2,13,14,16). The molecule has 0 aliphatic carbocycles. The highest BCUT2D eigenvalue weighted by molar-refractivity contribution is 7.80. The Hall–Kier alpha value is -1.20. The highest BCUT2D eigenvalue weighted by Gasteiger charge is 2.01. The molecule has 2 N–H and O–H groups in total. The van der Waals surface area contributed by atoms with Gasteiger partial charge in [0.25, 0.3) is 0 Å². The quantitative estimate of drug-likeness (QED) is 0.625. The smallest absolute Gasteiger partial charge is 0.170 e. The molecule has 0 atom stereocenters. The number of methoxy groups -OCH3 is 1. The van der Waals surface area contributed by atoms with Gasteiger partial charge in [0.15, 0.2) is 5.11 Å². The molecule has 0 bridgehead atoms. The fourth-order valence-electron chi connectivity index (χ4n) is 1.20. The fourth-order valence-corrected chi connectivity index (χ4v) is 1.41. The molecule has 0 heterocycles. The van der Waals surface area contributed by atoms with Crippen LogP contribution < -0.4 is 10.6 Å². The molecule has 0 saturated heterocycles. The second kappa shape index (κ2) is 6.40. The van der Waals surface area contributed by atoms with Crippen LogP contribution in [0.25, 0.3) is 0 Å². The van der Waals surface area contributed by atoms with Crippen LogP contribution in [-0.4, -0.2) is 25.4 Å². The minimum Gasteiger partial charge on any atom is -0.383 e. The molecule has 0 amide bonds. The lowest BCUT2D eigenvalue weighted by molar-refractivity contribution is 0.204. The highest BCUT2D eigenvalue weighted by atomic mass is 32.1. The molecule has 0 saturated carbocycles. The van der Waals surface area contributed by atoms with Crippen LogP contribution in [0.4, 0.5) is 10.1 Å². The van der Waals surface area contributed by atoms with E-state index in [0.29, 0.717) is 18.3 Å². The minimum atomic E-state index is -0.249. The van der Waals surface area contributed by atoms with Gasteiger partial charge in [0.1, 0.15) is 5.82 Å². The lowest BCUT2D eigenvalue weighted by Gasteiger charge is -2.12. The molecule has 88 valence electrons. The Bertz CT molecular complexity index is 371. The number of hydrogen-bond acceptors (Lipinski definition) is 2. The molecule has 0 aromatic heterocycles. The zero-order valence-corrected chi connectivity index (χ0v) is 10.2. The Kier molecular flexibility index (Phi) is 5.14. The van der Waals surface area contributed by atoms with E-state index in [1.807, 2.05) is 6.92 Å². The molecule has 0 unspecified atom stereocenters. The first-order valence-corrected chi connectivity index (χ1v) is 5.34. The van der Waals surface area contributed by atoms with E-state index in [4.69, 9.17) is 17.0 Å². The van der Waals surface area contributed by atoms with Crippen LogP contribution in [0.15, 0.2) is 18.2 Å². The number of anilines is 1. The minimum absolute atomic E-state index is 0.249. The van der Waals surface area contributed by atoms with Crippen molar-refractivity contribution in [1.29, 1.82) is 0 Å². The van der Waals surface area contributed by atoms with Crippen LogP contribution in [0.3, 0.4) is 0 Å². The summed E-state index contributed by atoms with van der Waals surface area (Å²) in [5.41, 5.74) is 1.62. The van der Waals surface area contributed by atoms with Crippen molar-refractivity contribution in [3.8, 4) is 0 Å². The Labute approximate surface area is 100.0 Å². The molecule has 0 radical (unpaired) electrons. The summed E-state index contributed by atoms with van der Waals surface area (Å²) in [6.45, 7) is 3.05. The van der Waals surface area contributed by atoms with E-state index in [2.05, 4.69) is 10.6 Å². The molecule has 3 nitrogen and oxygen atoms in total. The first-order chi connectivity index (χ1) is 7.63. The van der Waals surface area contributed by atoms with Gasteiger partial charge in [-0.2, -0.15) is 0 Å². The Morgan fingerprint density at radius 2 is 2.25 bits per heavy atom. The van der Waals surface area contributed by atoms with Gasteiger partial charge in [-0.25, -0.2) is 4.39 Å². The van der Waals surface area contributed by atoms with Crippen molar-refractivity contribution in [1.82, 2.24) is 5.32 Å². The molecule has 1 aromatic carbocycles. The van der Waals surface area contributed by atoms with E-state index < -0.39 is 0 Å². The summed E-state index contributed by atoms with van der Waals surface area (Å²) in [7, 11) is 1.63. The molecule has 0 aliphatic heterocycles. The van der Waals surface area contributed by atoms with E-state index in [9.17, 15) is 4.39 Å². The van der Waals surface area contributed by atoms with E-state index in [1.165, 1.54) is 12.1 Å². The van der Waals surface area contributed by atoms with Crippen molar-refractivity contribution in [2.75, 3.05) is 25.6 Å². The van der Waals surface area contributed by atoms with Gasteiger partial charge < -0.3 is 15.4 Å². The lowest BCUT2D eigenvalue weighted by atomic mass is 10.2. The number of aryl methyl sites for hydroxylation is 1. The molecular weight excluding hydrogens is 227 g/mol. The summed E-state index contributed by atoms with van der Waals surface area (Å²) in [6, 6.07) is 4.52. The van der Waals surface area contributed by atoms with Gasteiger partial charge in [0, 0.05) is 19.3 Å². The molecule has 0 fully saturated rings. The summed E-state index contributed by atoms with van der Waals surface area (Å²) in [5.74, 6) is -0.249. The van der Waals surface area contributed by atoms with Crippen molar-refractivity contribution < 1.29 is 9.13 Å². The van der Waals surface area contributed by atoms with Crippen molar-refractivity contribution >= 4 is 23.0 Å². The third-order valence-electron chi connectivity index (χ3n) is 2.03. The monoisotopic (exact) mass is 242 g/mol. The average molecular weight is 242 g/mol. The number of rotatable bonds is 4. The molecule has 1 aromatic rings. The number of hydrogen-bond donors (Lipinski definition) is 2. The normalized spacial score (nSPS) is 9.94. The predicted molar refractivity (Wildman–Crippen MR) is 67.2 cm³/mol. The second-order valence-electron chi connectivity index (χ2n) is 3.33. The summed E-state index contributed by atoms with van der Waals surface area (Å²) >= 11 is 5.07. The van der Waals surface area contributed by atoms with E-state index in [1.54, 1.807) is 13.2 Å². The van der Waals surface area contributed by atoms with Gasteiger partial charge in [-0.1, -0.05) is 0 Å². The van der Waals surface area contributed by atoms with Crippen LogP contribution in [0.2, 0.25) is 0 Å². The Morgan fingerprint density at radius 3 is 2.88 bits per heavy atom. The summed E-state index contributed by atoms with van der Waals surface area (Å²) in [6.07, 6.45) is 0. The summed E-state index contributed by atoms with van der Waals surface area (Å²) in [5, 5.41) is 6.48. The van der Waals surface area contributed by atoms with Gasteiger partial charge in [-0.05, 0) is 42.9 Å². The molecule has 1 rings (SSSR count). The largest absolute Gasteiger partial charge is 0.383 e.